The van der Waals surface area contributed by atoms with E-state index in [2.05, 4.69) is 18.3 Å². The van der Waals surface area contributed by atoms with Crippen molar-refractivity contribution in [3.8, 4) is 0 Å². The van der Waals surface area contributed by atoms with Crippen LogP contribution in [0.25, 0.3) is 0 Å². The lowest BCUT2D eigenvalue weighted by molar-refractivity contribution is -0.132. The highest BCUT2D eigenvalue weighted by Crippen LogP contribution is 2.37. The number of aryl methyl sites for hydroxylation is 1. The summed E-state index contributed by atoms with van der Waals surface area (Å²) in [6.45, 7) is 5.77. The molecule has 1 N–H and O–H groups in total. The molecule has 1 aromatic carbocycles. The number of fused-ring (bicyclic) bond motifs is 1. The van der Waals surface area contributed by atoms with E-state index in [1.807, 2.05) is 41.5 Å². The maximum atomic E-state index is 13.5. The Bertz CT molecular complexity index is 894. The normalized spacial score (nSPS) is 27.6. The topological polar surface area (TPSA) is 69.7 Å². The van der Waals surface area contributed by atoms with Gasteiger partial charge >= 0.3 is 6.03 Å². The standard InChI is InChI=1S/C25H33N3O3S/c1-3-12-26-23(29)20-9-7-18(8-10-20)15-28-24(30)22-21(11-13-32-22)27(25(28)31)16-19-6-4-5-17(2)14-19/h4-6,11,13-14,18,20-22H,3,7-10,12,15-16H2,1-2H3,(H,26,29). The molecular weight excluding hydrogens is 422 g/mol. The highest BCUT2D eigenvalue weighted by molar-refractivity contribution is 8.03. The number of benzene rings is 1. The van der Waals surface area contributed by atoms with Crippen molar-refractivity contribution in [1.82, 2.24) is 15.1 Å². The monoisotopic (exact) mass is 455 g/mol. The Morgan fingerprint density at radius 2 is 1.97 bits per heavy atom. The highest BCUT2D eigenvalue weighted by Gasteiger charge is 2.47. The van der Waals surface area contributed by atoms with E-state index in [-0.39, 0.29) is 41.0 Å². The molecule has 2 fully saturated rings. The third-order valence-electron chi connectivity index (χ3n) is 6.80. The molecule has 4 rings (SSSR count). The van der Waals surface area contributed by atoms with Crippen molar-refractivity contribution < 1.29 is 14.4 Å². The maximum Gasteiger partial charge on any atom is 0.327 e. The Balaban J connectivity index is 1.42. The summed E-state index contributed by atoms with van der Waals surface area (Å²) in [6, 6.07) is 7.81. The molecule has 1 saturated heterocycles. The van der Waals surface area contributed by atoms with Crippen LogP contribution in [0.4, 0.5) is 4.79 Å². The molecule has 2 unspecified atom stereocenters. The first-order chi connectivity index (χ1) is 15.5. The van der Waals surface area contributed by atoms with Gasteiger partial charge in [0.2, 0.25) is 11.8 Å². The van der Waals surface area contributed by atoms with E-state index in [1.165, 1.54) is 16.7 Å². The zero-order valence-corrected chi connectivity index (χ0v) is 19.8. The Labute approximate surface area is 194 Å². The fraction of sp³-hybridized carbons (Fsp3) is 0.560. The fourth-order valence-electron chi connectivity index (χ4n) is 5.00. The van der Waals surface area contributed by atoms with Crippen LogP contribution in [0.5, 0.6) is 0 Å². The van der Waals surface area contributed by atoms with Gasteiger partial charge in [0.05, 0.1) is 6.04 Å². The molecule has 1 aromatic rings. The number of carbonyl (C=O) groups excluding carboxylic acids is 3. The number of hydrogen-bond acceptors (Lipinski definition) is 4. The van der Waals surface area contributed by atoms with Gasteiger partial charge < -0.3 is 10.2 Å². The van der Waals surface area contributed by atoms with Gasteiger partial charge in [0.15, 0.2) is 0 Å². The number of hydrogen-bond donors (Lipinski definition) is 1. The Kier molecular flexibility index (Phi) is 7.23. The lowest BCUT2D eigenvalue weighted by Crippen LogP contribution is -2.62. The molecule has 0 radical (unpaired) electrons. The summed E-state index contributed by atoms with van der Waals surface area (Å²) in [7, 11) is 0. The molecule has 7 heteroatoms. The lowest BCUT2D eigenvalue weighted by atomic mass is 9.81. The molecule has 1 aliphatic carbocycles. The second-order valence-electron chi connectivity index (χ2n) is 9.23. The molecule has 0 bridgehead atoms. The van der Waals surface area contributed by atoms with Crippen LogP contribution in [-0.2, 0) is 16.1 Å². The minimum atomic E-state index is -0.256. The smallest absolute Gasteiger partial charge is 0.327 e. The third kappa shape index (κ3) is 4.87. The van der Waals surface area contributed by atoms with Gasteiger partial charge in [-0.25, -0.2) is 4.79 Å². The van der Waals surface area contributed by atoms with E-state index >= 15 is 0 Å². The predicted molar refractivity (Wildman–Crippen MR) is 127 cm³/mol. The Morgan fingerprint density at radius 3 is 2.69 bits per heavy atom. The molecule has 1 saturated carbocycles. The molecule has 4 amide bonds. The fourth-order valence-corrected chi connectivity index (χ4v) is 6.06. The van der Waals surface area contributed by atoms with Crippen LogP contribution in [0.2, 0.25) is 0 Å². The van der Waals surface area contributed by atoms with E-state index in [4.69, 9.17) is 0 Å². The summed E-state index contributed by atoms with van der Waals surface area (Å²) in [4.78, 5) is 42.3. The van der Waals surface area contributed by atoms with Crippen LogP contribution in [0.15, 0.2) is 35.7 Å². The van der Waals surface area contributed by atoms with Crippen LogP contribution in [0.1, 0.15) is 50.2 Å². The average Bonchev–Trinajstić information content (AvgIpc) is 3.28. The van der Waals surface area contributed by atoms with Crippen LogP contribution in [-0.4, -0.2) is 52.0 Å². The molecule has 2 heterocycles. The number of nitrogens with one attached hydrogen (secondary N) is 1. The zero-order chi connectivity index (χ0) is 22.7. The molecule has 2 aliphatic heterocycles. The largest absolute Gasteiger partial charge is 0.356 e. The minimum absolute atomic E-state index is 0.0577. The van der Waals surface area contributed by atoms with Gasteiger partial charge in [-0.1, -0.05) is 42.8 Å². The van der Waals surface area contributed by atoms with Crippen LogP contribution in [0.3, 0.4) is 0 Å². The predicted octanol–water partition coefficient (Wildman–Crippen LogP) is 4.09. The van der Waals surface area contributed by atoms with Gasteiger partial charge in [-0.3, -0.25) is 14.5 Å². The van der Waals surface area contributed by atoms with Gasteiger partial charge in [0.1, 0.15) is 5.25 Å². The maximum absolute atomic E-state index is 13.5. The minimum Gasteiger partial charge on any atom is -0.356 e. The van der Waals surface area contributed by atoms with Crippen molar-refractivity contribution in [1.29, 1.82) is 0 Å². The number of amides is 4. The number of thioether (sulfide) groups is 1. The summed E-state index contributed by atoms with van der Waals surface area (Å²) in [6.07, 6.45) is 6.32. The van der Waals surface area contributed by atoms with E-state index < -0.39 is 0 Å². The van der Waals surface area contributed by atoms with E-state index in [1.54, 1.807) is 0 Å². The quantitative estimate of drug-likeness (QED) is 0.672. The van der Waals surface area contributed by atoms with Crippen molar-refractivity contribution in [2.24, 2.45) is 11.8 Å². The molecule has 32 heavy (non-hydrogen) atoms. The highest BCUT2D eigenvalue weighted by atomic mass is 32.2. The Hall–Kier alpha value is -2.28. The van der Waals surface area contributed by atoms with Crippen molar-refractivity contribution in [2.45, 2.75) is 63.8 Å². The molecule has 6 nitrogen and oxygen atoms in total. The molecule has 2 atom stereocenters. The summed E-state index contributed by atoms with van der Waals surface area (Å²) in [5, 5.41) is 4.69. The summed E-state index contributed by atoms with van der Waals surface area (Å²) < 4.78 is 0. The molecule has 0 spiro atoms. The SMILES string of the molecule is CCCNC(=O)C1CCC(CN2C(=O)C3SC=CC3N(Cc3cccc(C)c3)C2=O)CC1. The van der Waals surface area contributed by atoms with Crippen molar-refractivity contribution in [2.75, 3.05) is 13.1 Å². The average molecular weight is 456 g/mol. The van der Waals surface area contributed by atoms with Gasteiger partial charge in [0.25, 0.3) is 0 Å². The number of imide groups is 1. The number of urea groups is 1. The summed E-state index contributed by atoms with van der Waals surface area (Å²) >= 11 is 1.51. The molecule has 3 aliphatic rings. The van der Waals surface area contributed by atoms with E-state index in [9.17, 15) is 14.4 Å². The van der Waals surface area contributed by atoms with Gasteiger partial charge in [-0.2, -0.15) is 0 Å². The van der Waals surface area contributed by atoms with Gasteiger partial charge in [-0.15, -0.1) is 11.8 Å². The van der Waals surface area contributed by atoms with Crippen molar-refractivity contribution in [3.05, 3.63) is 46.9 Å². The number of rotatable bonds is 7. The number of carbonyl (C=O) groups is 3. The first-order valence-electron chi connectivity index (χ1n) is 11.7. The van der Waals surface area contributed by atoms with E-state index in [0.29, 0.717) is 13.1 Å². The van der Waals surface area contributed by atoms with Crippen LogP contribution < -0.4 is 5.32 Å². The second-order valence-corrected chi connectivity index (χ2v) is 10.3. The summed E-state index contributed by atoms with van der Waals surface area (Å²) in [5.74, 6) is 0.395. The first kappa shape index (κ1) is 22.9. The van der Waals surface area contributed by atoms with E-state index in [0.717, 1.165) is 49.8 Å². The second kappa shape index (κ2) is 10.1. The van der Waals surface area contributed by atoms with Crippen molar-refractivity contribution in [3.63, 3.8) is 0 Å². The molecule has 0 aromatic heterocycles. The van der Waals surface area contributed by atoms with Crippen LogP contribution in [0, 0.1) is 18.8 Å². The summed E-state index contributed by atoms with van der Waals surface area (Å²) in [5.41, 5.74) is 2.24. The lowest BCUT2D eigenvalue weighted by Gasteiger charge is -2.43. The van der Waals surface area contributed by atoms with Crippen molar-refractivity contribution >= 4 is 29.6 Å². The first-order valence-corrected chi connectivity index (χ1v) is 12.7. The third-order valence-corrected chi connectivity index (χ3v) is 7.89. The Morgan fingerprint density at radius 1 is 1.19 bits per heavy atom. The van der Waals surface area contributed by atoms with Gasteiger partial charge in [-0.05, 0) is 55.9 Å². The number of nitrogens with zero attached hydrogens (tertiary/aromatic N) is 2. The zero-order valence-electron chi connectivity index (χ0n) is 19.0. The molecule has 172 valence electrons. The van der Waals surface area contributed by atoms with Gasteiger partial charge in [0, 0.05) is 25.6 Å². The van der Waals surface area contributed by atoms with Crippen LogP contribution >= 0.6 is 11.8 Å². The molecular formula is C25H33N3O3S.